The van der Waals surface area contributed by atoms with E-state index in [-0.39, 0.29) is 6.42 Å². The predicted molar refractivity (Wildman–Crippen MR) is 66.6 cm³/mol. The lowest BCUT2D eigenvalue weighted by atomic mass is 9.84. The van der Waals surface area contributed by atoms with E-state index < -0.39 is 18.1 Å². The first kappa shape index (κ1) is 13.2. The van der Waals surface area contributed by atoms with Gasteiger partial charge in [0, 0.05) is 11.7 Å². The zero-order chi connectivity index (χ0) is 13.2. The molecule has 100 valence electrons. The molecule has 0 spiro atoms. The van der Waals surface area contributed by atoms with Crippen LogP contribution in [0, 0.1) is 12.8 Å². The number of halogens is 3. The molecule has 0 heterocycles. The van der Waals surface area contributed by atoms with Crippen LogP contribution in [0.2, 0.25) is 0 Å². The quantitative estimate of drug-likeness (QED) is 0.820. The molecule has 1 saturated carbocycles. The summed E-state index contributed by atoms with van der Waals surface area (Å²) in [7, 11) is 0. The van der Waals surface area contributed by atoms with E-state index in [2.05, 4.69) is 5.32 Å². The summed E-state index contributed by atoms with van der Waals surface area (Å²) in [4.78, 5) is 0. The molecule has 1 aromatic rings. The summed E-state index contributed by atoms with van der Waals surface area (Å²) in [6.45, 7) is 1.94. The molecule has 0 bridgehead atoms. The average molecular weight is 257 g/mol. The topological polar surface area (TPSA) is 12.0 Å². The summed E-state index contributed by atoms with van der Waals surface area (Å²) in [6, 6.07) is 7.04. The molecule has 1 nitrogen and oxygen atoms in total. The van der Waals surface area contributed by atoms with Gasteiger partial charge in [-0.25, -0.2) is 0 Å². The molecule has 0 saturated heterocycles. The van der Waals surface area contributed by atoms with Gasteiger partial charge in [-0.1, -0.05) is 25.0 Å². The molecule has 0 amide bonds. The fraction of sp³-hybridized carbons (Fsp3) is 0.571. The molecule has 2 atom stereocenters. The first-order valence-corrected chi connectivity index (χ1v) is 6.37. The zero-order valence-electron chi connectivity index (χ0n) is 10.4. The van der Waals surface area contributed by atoms with Crippen molar-refractivity contribution in [1.29, 1.82) is 0 Å². The third-order valence-corrected chi connectivity index (χ3v) is 3.56. The largest absolute Gasteiger partial charge is 0.393 e. The van der Waals surface area contributed by atoms with Gasteiger partial charge in [0.05, 0.1) is 5.92 Å². The molecule has 18 heavy (non-hydrogen) atoms. The Morgan fingerprint density at radius 3 is 2.56 bits per heavy atom. The lowest BCUT2D eigenvalue weighted by Gasteiger charge is -2.34. The molecule has 1 aliphatic carbocycles. The highest BCUT2D eigenvalue weighted by Gasteiger charge is 2.45. The number of benzene rings is 1. The summed E-state index contributed by atoms with van der Waals surface area (Å²) in [5.74, 6) is -1.22. The van der Waals surface area contributed by atoms with Crippen LogP contribution in [0.25, 0.3) is 0 Å². The molecule has 1 aromatic carbocycles. The highest BCUT2D eigenvalue weighted by Crippen LogP contribution is 2.39. The Balaban J connectivity index is 2.10. The average Bonchev–Trinajstić information content (AvgIpc) is 2.28. The highest BCUT2D eigenvalue weighted by atomic mass is 19.4. The van der Waals surface area contributed by atoms with E-state index in [1.165, 1.54) is 0 Å². The molecule has 4 heteroatoms. The lowest BCUT2D eigenvalue weighted by molar-refractivity contribution is -0.184. The van der Waals surface area contributed by atoms with Crippen LogP contribution in [-0.2, 0) is 0 Å². The van der Waals surface area contributed by atoms with Gasteiger partial charge in [0.25, 0.3) is 0 Å². The van der Waals surface area contributed by atoms with Crippen LogP contribution in [0.15, 0.2) is 24.3 Å². The molecule has 0 radical (unpaired) electrons. The first-order chi connectivity index (χ1) is 8.47. The summed E-state index contributed by atoms with van der Waals surface area (Å²) < 4.78 is 38.8. The Hall–Kier alpha value is -1.19. The van der Waals surface area contributed by atoms with Crippen LogP contribution in [0.4, 0.5) is 18.9 Å². The van der Waals surface area contributed by atoms with Crippen LogP contribution in [0.3, 0.4) is 0 Å². The van der Waals surface area contributed by atoms with Gasteiger partial charge < -0.3 is 5.32 Å². The number of aryl methyl sites for hydroxylation is 1. The van der Waals surface area contributed by atoms with Crippen molar-refractivity contribution in [3.05, 3.63) is 29.8 Å². The van der Waals surface area contributed by atoms with E-state index in [4.69, 9.17) is 0 Å². The van der Waals surface area contributed by atoms with Gasteiger partial charge in [-0.2, -0.15) is 13.2 Å². The number of alkyl halides is 3. The van der Waals surface area contributed by atoms with Gasteiger partial charge in [0.1, 0.15) is 0 Å². The number of hydrogen-bond donors (Lipinski definition) is 1. The lowest BCUT2D eigenvalue weighted by Crippen LogP contribution is -2.41. The molecule has 1 fully saturated rings. The Morgan fingerprint density at radius 2 is 1.89 bits per heavy atom. The third kappa shape index (κ3) is 3.18. The van der Waals surface area contributed by atoms with Crippen LogP contribution < -0.4 is 5.32 Å². The van der Waals surface area contributed by atoms with E-state index >= 15 is 0 Å². The highest BCUT2D eigenvalue weighted by molar-refractivity contribution is 5.46. The minimum Gasteiger partial charge on any atom is -0.382 e. The Labute approximate surface area is 105 Å². The van der Waals surface area contributed by atoms with Crippen molar-refractivity contribution in [1.82, 2.24) is 0 Å². The summed E-state index contributed by atoms with van der Waals surface area (Å²) in [5, 5.41) is 3.06. The van der Waals surface area contributed by atoms with Crippen molar-refractivity contribution in [2.24, 2.45) is 5.92 Å². The van der Waals surface area contributed by atoms with Crippen molar-refractivity contribution in [3.8, 4) is 0 Å². The monoisotopic (exact) mass is 257 g/mol. The first-order valence-electron chi connectivity index (χ1n) is 6.37. The van der Waals surface area contributed by atoms with E-state index in [0.717, 1.165) is 17.7 Å². The number of anilines is 1. The number of nitrogens with one attached hydrogen (secondary N) is 1. The SMILES string of the molecule is Cc1cccc(NC2CCCCC2C(F)(F)F)c1. The normalized spacial score (nSPS) is 24.9. The maximum absolute atomic E-state index is 12.9. The standard InChI is InChI=1S/C14H18F3N/c1-10-5-4-6-11(9-10)18-13-8-3-2-7-12(13)14(15,16)17/h4-6,9,12-13,18H,2-3,7-8H2,1H3. The fourth-order valence-corrected chi connectivity index (χ4v) is 2.64. The van der Waals surface area contributed by atoms with Gasteiger partial charge in [0.15, 0.2) is 0 Å². The molecule has 0 aliphatic heterocycles. The van der Waals surface area contributed by atoms with E-state index in [1.54, 1.807) is 0 Å². The summed E-state index contributed by atoms with van der Waals surface area (Å²) in [6.07, 6.45) is -1.71. The van der Waals surface area contributed by atoms with Gasteiger partial charge in [-0.05, 0) is 37.5 Å². The minimum atomic E-state index is -4.10. The molecule has 2 rings (SSSR count). The van der Waals surface area contributed by atoms with E-state index in [9.17, 15) is 13.2 Å². The Morgan fingerprint density at radius 1 is 1.17 bits per heavy atom. The minimum absolute atomic E-state index is 0.243. The third-order valence-electron chi connectivity index (χ3n) is 3.56. The molecule has 0 aromatic heterocycles. The Kier molecular flexibility index (Phi) is 3.83. The second kappa shape index (κ2) is 5.21. The maximum Gasteiger partial charge on any atom is 0.393 e. The molecule has 2 unspecified atom stereocenters. The van der Waals surface area contributed by atoms with Crippen LogP contribution in [0.1, 0.15) is 31.2 Å². The summed E-state index contributed by atoms with van der Waals surface area (Å²) >= 11 is 0. The molecular formula is C14H18F3N. The van der Waals surface area contributed by atoms with Gasteiger partial charge in [0.2, 0.25) is 0 Å². The van der Waals surface area contributed by atoms with Gasteiger partial charge in [-0.15, -0.1) is 0 Å². The van der Waals surface area contributed by atoms with Crippen molar-refractivity contribution in [3.63, 3.8) is 0 Å². The van der Waals surface area contributed by atoms with Crippen LogP contribution >= 0.6 is 0 Å². The number of rotatable bonds is 2. The smallest absolute Gasteiger partial charge is 0.382 e. The maximum atomic E-state index is 12.9. The van der Waals surface area contributed by atoms with Crippen molar-refractivity contribution < 1.29 is 13.2 Å². The molecular weight excluding hydrogens is 239 g/mol. The number of hydrogen-bond acceptors (Lipinski definition) is 1. The van der Waals surface area contributed by atoms with Crippen molar-refractivity contribution in [2.75, 3.05) is 5.32 Å². The summed E-state index contributed by atoms with van der Waals surface area (Å²) in [5.41, 5.74) is 1.84. The van der Waals surface area contributed by atoms with Crippen molar-refractivity contribution >= 4 is 5.69 Å². The van der Waals surface area contributed by atoms with Crippen molar-refractivity contribution in [2.45, 2.75) is 44.8 Å². The second-order valence-electron chi connectivity index (χ2n) is 5.05. The molecule has 1 N–H and O–H groups in total. The second-order valence-corrected chi connectivity index (χ2v) is 5.05. The Bertz CT molecular complexity index is 400. The van der Waals surface area contributed by atoms with Gasteiger partial charge >= 0.3 is 6.18 Å². The van der Waals surface area contributed by atoms with E-state index in [0.29, 0.717) is 12.8 Å². The van der Waals surface area contributed by atoms with E-state index in [1.807, 2.05) is 31.2 Å². The van der Waals surface area contributed by atoms with Crippen LogP contribution in [0.5, 0.6) is 0 Å². The zero-order valence-corrected chi connectivity index (χ0v) is 10.4. The molecule has 1 aliphatic rings. The van der Waals surface area contributed by atoms with Crippen LogP contribution in [-0.4, -0.2) is 12.2 Å². The predicted octanol–water partition coefficient (Wildman–Crippen LogP) is 4.53. The van der Waals surface area contributed by atoms with Gasteiger partial charge in [-0.3, -0.25) is 0 Å². The fourth-order valence-electron chi connectivity index (χ4n) is 2.64.